The molecule has 0 atom stereocenters. The van der Waals surface area contributed by atoms with E-state index in [0.717, 1.165) is 29.7 Å². The Balaban J connectivity index is 1.76. The fraction of sp³-hybridized carbons (Fsp3) is 0.467. The summed E-state index contributed by atoms with van der Waals surface area (Å²) in [6.45, 7) is 2.09. The van der Waals surface area contributed by atoms with Crippen LogP contribution in [0.1, 0.15) is 23.8 Å². The zero-order valence-corrected chi connectivity index (χ0v) is 13.7. The second-order valence-corrected chi connectivity index (χ2v) is 6.53. The number of nitrogens with one attached hydrogen (secondary N) is 2. The lowest BCUT2D eigenvalue weighted by molar-refractivity contribution is -0.126. The molecule has 0 radical (unpaired) electrons. The second kappa shape index (κ2) is 6.49. The number of hydrogen-bond acceptors (Lipinski definition) is 5. The Morgan fingerprint density at radius 3 is 2.91 bits per heavy atom. The largest absolute Gasteiger partial charge is 0.355 e. The number of carbonyl (C=O) groups is 2. The lowest BCUT2D eigenvalue weighted by Crippen LogP contribution is -2.39. The number of nitrogens with zero attached hydrogens (tertiary/aromatic N) is 2. The number of hydrogen-bond donors (Lipinski definition) is 2. The topological polar surface area (TPSA) is 93.1 Å². The van der Waals surface area contributed by atoms with Gasteiger partial charge in [-0.2, -0.15) is 0 Å². The van der Waals surface area contributed by atoms with Gasteiger partial charge >= 0.3 is 0 Å². The molecule has 0 spiro atoms. The predicted octanol–water partition coefficient (Wildman–Crippen LogP) is 0.199. The molecule has 1 aliphatic rings. The molecule has 1 aliphatic carbocycles. The van der Waals surface area contributed by atoms with Crippen LogP contribution in [-0.4, -0.2) is 34.5 Å². The maximum absolute atomic E-state index is 12.6. The number of amides is 2. The number of aryl methyl sites for hydroxylation is 2. The van der Waals surface area contributed by atoms with Crippen molar-refractivity contribution < 1.29 is 9.59 Å². The van der Waals surface area contributed by atoms with Crippen molar-refractivity contribution in [2.75, 3.05) is 13.1 Å². The third-order valence-corrected chi connectivity index (χ3v) is 5.03. The van der Waals surface area contributed by atoms with Crippen LogP contribution < -0.4 is 16.2 Å². The normalized spacial score (nSPS) is 13.1. The molecule has 2 aromatic rings. The fourth-order valence-electron chi connectivity index (χ4n) is 2.78. The first kappa shape index (κ1) is 15.7. The smallest absolute Gasteiger partial charge is 0.262 e. The number of fused-ring (bicyclic) bond motifs is 3. The molecule has 0 aliphatic heterocycles. The first-order chi connectivity index (χ1) is 11.1. The molecule has 0 saturated heterocycles. The van der Waals surface area contributed by atoms with Crippen molar-refractivity contribution in [2.45, 2.75) is 32.7 Å². The summed E-state index contributed by atoms with van der Waals surface area (Å²) in [5, 5.41) is 5.75. The molecule has 7 nitrogen and oxygen atoms in total. The molecular formula is C15H18N4O3S. The van der Waals surface area contributed by atoms with Gasteiger partial charge in [0.2, 0.25) is 11.8 Å². The van der Waals surface area contributed by atoms with Gasteiger partial charge in [-0.1, -0.05) is 0 Å². The first-order valence-corrected chi connectivity index (χ1v) is 8.45. The molecule has 23 heavy (non-hydrogen) atoms. The van der Waals surface area contributed by atoms with E-state index < -0.39 is 0 Å². The number of thiophene rings is 1. The van der Waals surface area contributed by atoms with E-state index in [0.29, 0.717) is 11.9 Å². The summed E-state index contributed by atoms with van der Waals surface area (Å²) in [6, 6.07) is 0. The van der Waals surface area contributed by atoms with Gasteiger partial charge in [0.05, 0.1) is 18.3 Å². The Morgan fingerprint density at radius 1 is 1.30 bits per heavy atom. The molecule has 2 amide bonds. The number of likely N-dealkylation sites (N-methyl/N-ethyl adjacent to an activating group) is 1. The minimum atomic E-state index is -0.383. The molecule has 122 valence electrons. The molecule has 8 heteroatoms. The highest BCUT2D eigenvalue weighted by molar-refractivity contribution is 7.18. The highest BCUT2D eigenvalue weighted by atomic mass is 32.1. The third-order valence-electron chi connectivity index (χ3n) is 3.83. The molecule has 0 fully saturated rings. The molecule has 0 aromatic carbocycles. The van der Waals surface area contributed by atoms with Crippen molar-refractivity contribution in [3.05, 3.63) is 27.1 Å². The highest BCUT2D eigenvalue weighted by Gasteiger charge is 2.21. The van der Waals surface area contributed by atoms with Crippen LogP contribution in [0.4, 0.5) is 0 Å². The van der Waals surface area contributed by atoms with Gasteiger partial charge < -0.3 is 10.6 Å². The van der Waals surface area contributed by atoms with Crippen LogP contribution in [0.3, 0.4) is 0 Å². The maximum atomic E-state index is 12.6. The van der Waals surface area contributed by atoms with Crippen molar-refractivity contribution in [3.63, 3.8) is 0 Å². The van der Waals surface area contributed by atoms with Gasteiger partial charge in [-0.15, -0.1) is 11.3 Å². The Morgan fingerprint density at radius 2 is 2.13 bits per heavy atom. The average molecular weight is 334 g/mol. The molecular weight excluding hydrogens is 316 g/mol. The van der Waals surface area contributed by atoms with Crippen molar-refractivity contribution in [2.24, 2.45) is 0 Å². The minimum Gasteiger partial charge on any atom is -0.355 e. The van der Waals surface area contributed by atoms with Crippen LogP contribution in [0.5, 0.6) is 0 Å². The Kier molecular flexibility index (Phi) is 4.42. The van der Waals surface area contributed by atoms with Gasteiger partial charge in [0.1, 0.15) is 11.4 Å². The van der Waals surface area contributed by atoms with Crippen LogP contribution in [0.2, 0.25) is 0 Å². The van der Waals surface area contributed by atoms with E-state index in [1.54, 1.807) is 18.3 Å². The zero-order valence-electron chi connectivity index (χ0n) is 12.8. The van der Waals surface area contributed by atoms with Crippen LogP contribution in [0, 0.1) is 0 Å². The summed E-state index contributed by atoms with van der Waals surface area (Å²) in [5.41, 5.74) is 0.919. The van der Waals surface area contributed by atoms with Crippen LogP contribution >= 0.6 is 11.3 Å². The van der Waals surface area contributed by atoms with Gasteiger partial charge in [0.25, 0.3) is 5.56 Å². The number of carbonyl (C=O) groups excluding carboxylic acids is 2. The molecule has 2 N–H and O–H groups in total. The zero-order chi connectivity index (χ0) is 16.4. The number of rotatable bonds is 5. The van der Waals surface area contributed by atoms with Crippen LogP contribution in [0.15, 0.2) is 11.1 Å². The molecule has 0 bridgehead atoms. The summed E-state index contributed by atoms with van der Waals surface area (Å²) in [7, 11) is 0. The molecule has 2 heterocycles. The van der Waals surface area contributed by atoms with Gasteiger partial charge in [-0.25, -0.2) is 4.98 Å². The summed E-state index contributed by atoms with van der Waals surface area (Å²) < 4.78 is 1.31. The van der Waals surface area contributed by atoms with Gasteiger partial charge in [0, 0.05) is 11.4 Å². The van der Waals surface area contributed by atoms with Crippen molar-refractivity contribution in [1.29, 1.82) is 0 Å². The Labute approximate surface area is 136 Å². The van der Waals surface area contributed by atoms with Crippen molar-refractivity contribution >= 4 is 33.4 Å². The van der Waals surface area contributed by atoms with E-state index >= 15 is 0 Å². The molecule has 3 rings (SSSR count). The lowest BCUT2D eigenvalue weighted by atomic mass is 10.2. The minimum absolute atomic E-state index is 0.0923. The lowest BCUT2D eigenvalue weighted by Gasteiger charge is -2.07. The maximum Gasteiger partial charge on any atom is 0.262 e. The van der Waals surface area contributed by atoms with E-state index in [1.807, 2.05) is 0 Å². The van der Waals surface area contributed by atoms with E-state index in [-0.39, 0.29) is 30.5 Å². The van der Waals surface area contributed by atoms with Crippen LogP contribution in [0.25, 0.3) is 10.2 Å². The summed E-state index contributed by atoms with van der Waals surface area (Å²) >= 11 is 1.57. The SMILES string of the molecule is CCNC(=O)CNC(=O)Cn1cnc2sc3c(c2c1=O)CCC3. The molecule has 0 saturated carbocycles. The Hall–Kier alpha value is -2.22. The van der Waals surface area contributed by atoms with E-state index in [9.17, 15) is 14.4 Å². The average Bonchev–Trinajstić information content (AvgIpc) is 3.09. The van der Waals surface area contributed by atoms with Gasteiger partial charge in [0.15, 0.2) is 0 Å². The van der Waals surface area contributed by atoms with E-state index in [2.05, 4.69) is 15.6 Å². The predicted molar refractivity (Wildman–Crippen MR) is 87.6 cm³/mol. The standard InChI is InChI=1S/C15H18N4O3S/c1-2-16-11(20)6-17-12(21)7-19-8-18-14-13(15(19)22)9-4-3-5-10(9)23-14/h8H,2-7H2,1H3,(H,16,20)(H,17,21). The summed E-state index contributed by atoms with van der Waals surface area (Å²) in [4.78, 5) is 42.1. The quantitative estimate of drug-likeness (QED) is 0.817. The third kappa shape index (κ3) is 3.12. The molecule has 0 unspecified atom stereocenters. The second-order valence-electron chi connectivity index (χ2n) is 5.45. The highest BCUT2D eigenvalue weighted by Crippen LogP contribution is 2.34. The first-order valence-electron chi connectivity index (χ1n) is 7.63. The fourth-order valence-corrected chi connectivity index (χ4v) is 4.00. The summed E-state index contributed by atoms with van der Waals surface area (Å²) in [5.74, 6) is -0.635. The number of aromatic nitrogens is 2. The van der Waals surface area contributed by atoms with Gasteiger partial charge in [-0.3, -0.25) is 19.0 Å². The molecule has 2 aromatic heterocycles. The van der Waals surface area contributed by atoms with Crippen molar-refractivity contribution in [1.82, 2.24) is 20.2 Å². The summed E-state index contributed by atoms with van der Waals surface area (Å²) in [6.07, 6.45) is 4.38. The Bertz CT molecular complexity index is 824. The monoisotopic (exact) mass is 334 g/mol. The van der Waals surface area contributed by atoms with Crippen LogP contribution in [-0.2, 0) is 29.0 Å². The van der Waals surface area contributed by atoms with Crippen molar-refractivity contribution in [3.8, 4) is 0 Å². The van der Waals surface area contributed by atoms with Gasteiger partial charge in [-0.05, 0) is 31.7 Å². The van der Waals surface area contributed by atoms with E-state index in [4.69, 9.17) is 0 Å². The van der Waals surface area contributed by atoms with E-state index in [1.165, 1.54) is 15.8 Å².